The molecule has 0 spiro atoms. The van der Waals surface area contributed by atoms with Crippen LogP contribution in [-0.2, 0) is 0 Å². The molecule has 16 heavy (non-hydrogen) atoms. The minimum atomic E-state index is -0.0566. The Labute approximate surface area is 96.0 Å². The zero-order chi connectivity index (χ0) is 11.7. The molecule has 0 aliphatic carbocycles. The normalized spacial score (nSPS) is 22.6. The van der Waals surface area contributed by atoms with Gasteiger partial charge in [0.25, 0.3) is 0 Å². The maximum Gasteiger partial charge on any atom is 0.145 e. The van der Waals surface area contributed by atoms with Gasteiger partial charge in [-0.1, -0.05) is 6.07 Å². The predicted molar refractivity (Wildman–Crippen MR) is 63.6 cm³/mol. The van der Waals surface area contributed by atoms with Crippen molar-refractivity contribution in [3.63, 3.8) is 0 Å². The first kappa shape index (κ1) is 10.8. The smallest absolute Gasteiger partial charge is 0.145 e. The summed E-state index contributed by atoms with van der Waals surface area (Å²) in [5.74, 6) is 0.893. The molecule has 2 rings (SSSR count). The van der Waals surface area contributed by atoms with Crippen LogP contribution < -0.4 is 10.1 Å². The molecule has 0 saturated carbocycles. The van der Waals surface area contributed by atoms with E-state index in [4.69, 9.17) is 10.00 Å². The fraction of sp³-hybridized carbons (Fsp3) is 0.462. The monoisotopic (exact) mass is 216 g/mol. The van der Waals surface area contributed by atoms with Gasteiger partial charge in [-0.3, -0.25) is 0 Å². The maximum absolute atomic E-state index is 8.74. The molecule has 0 bridgehead atoms. The van der Waals surface area contributed by atoms with Gasteiger partial charge in [0.2, 0.25) is 0 Å². The average molecular weight is 216 g/mol. The number of ether oxygens (including phenoxy) is 1. The van der Waals surface area contributed by atoms with Crippen LogP contribution in [0.4, 0.5) is 5.69 Å². The van der Waals surface area contributed by atoms with E-state index >= 15 is 0 Å². The van der Waals surface area contributed by atoms with Gasteiger partial charge in [0.1, 0.15) is 11.9 Å². The molecule has 1 aromatic carbocycles. The third kappa shape index (κ3) is 1.83. The van der Waals surface area contributed by atoms with E-state index in [-0.39, 0.29) is 12.1 Å². The summed E-state index contributed by atoms with van der Waals surface area (Å²) >= 11 is 0. The molecule has 2 atom stereocenters. The Bertz CT molecular complexity index is 448. The summed E-state index contributed by atoms with van der Waals surface area (Å²) in [5.41, 5.74) is 3.38. The molecule has 2 unspecified atom stereocenters. The van der Waals surface area contributed by atoms with E-state index in [2.05, 4.69) is 30.4 Å². The topological polar surface area (TPSA) is 45.0 Å². The van der Waals surface area contributed by atoms with Gasteiger partial charge in [-0.05, 0) is 38.0 Å². The first-order chi connectivity index (χ1) is 7.61. The molecule has 1 heterocycles. The quantitative estimate of drug-likeness (QED) is 0.785. The standard InChI is InChI=1S/C13H16N2O/c1-8-6-9(2)13-11(7-8)15-10(3)12(16-13)4-5-14/h6-7,10,12,15H,4H2,1-3H3. The zero-order valence-electron chi connectivity index (χ0n) is 9.87. The Hall–Kier alpha value is -1.69. The van der Waals surface area contributed by atoms with Crippen LogP contribution in [0.3, 0.4) is 0 Å². The van der Waals surface area contributed by atoms with Crippen molar-refractivity contribution < 1.29 is 4.74 Å². The lowest BCUT2D eigenvalue weighted by atomic mass is 10.0. The summed E-state index contributed by atoms with van der Waals surface area (Å²) in [6.07, 6.45) is 0.361. The summed E-state index contributed by atoms with van der Waals surface area (Å²) in [6, 6.07) is 6.52. The average Bonchev–Trinajstić information content (AvgIpc) is 2.20. The third-order valence-electron chi connectivity index (χ3n) is 2.92. The second-order valence-corrected chi connectivity index (χ2v) is 4.41. The van der Waals surface area contributed by atoms with Gasteiger partial charge in [0.15, 0.2) is 0 Å². The largest absolute Gasteiger partial charge is 0.485 e. The zero-order valence-corrected chi connectivity index (χ0v) is 9.87. The lowest BCUT2D eigenvalue weighted by Crippen LogP contribution is -2.39. The van der Waals surface area contributed by atoms with Crippen LogP contribution in [-0.4, -0.2) is 12.1 Å². The highest BCUT2D eigenvalue weighted by Crippen LogP contribution is 2.36. The van der Waals surface area contributed by atoms with Gasteiger partial charge in [0, 0.05) is 0 Å². The molecule has 1 aliphatic heterocycles. The van der Waals surface area contributed by atoms with Crippen LogP contribution in [0.25, 0.3) is 0 Å². The summed E-state index contributed by atoms with van der Waals surface area (Å²) in [5, 5.41) is 12.1. The summed E-state index contributed by atoms with van der Waals surface area (Å²) in [4.78, 5) is 0. The van der Waals surface area contributed by atoms with Crippen molar-refractivity contribution in [3.8, 4) is 11.8 Å². The predicted octanol–water partition coefficient (Wildman–Crippen LogP) is 2.78. The van der Waals surface area contributed by atoms with Crippen LogP contribution in [0.1, 0.15) is 24.5 Å². The second kappa shape index (κ2) is 4.05. The van der Waals surface area contributed by atoms with E-state index < -0.39 is 0 Å². The van der Waals surface area contributed by atoms with Gasteiger partial charge in [0.05, 0.1) is 24.2 Å². The highest BCUT2D eigenvalue weighted by atomic mass is 16.5. The van der Waals surface area contributed by atoms with Crippen LogP contribution in [0.5, 0.6) is 5.75 Å². The van der Waals surface area contributed by atoms with Gasteiger partial charge in [-0.25, -0.2) is 0 Å². The number of fused-ring (bicyclic) bond motifs is 1. The van der Waals surface area contributed by atoms with Gasteiger partial charge < -0.3 is 10.1 Å². The van der Waals surface area contributed by atoms with Crippen LogP contribution in [0.2, 0.25) is 0 Å². The number of aryl methyl sites for hydroxylation is 2. The molecule has 1 N–H and O–H groups in total. The highest BCUT2D eigenvalue weighted by Gasteiger charge is 2.27. The van der Waals surface area contributed by atoms with E-state index in [0.29, 0.717) is 6.42 Å². The van der Waals surface area contributed by atoms with Crippen molar-refractivity contribution >= 4 is 5.69 Å². The van der Waals surface area contributed by atoms with Gasteiger partial charge in [-0.2, -0.15) is 5.26 Å². The van der Waals surface area contributed by atoms with E-state index in [1.165, 1.54) is 5.56 Å². The Morgan fingerprint density at radius 2 is 2.19 bits per heavy atom. The Balaban J connectivity index is 2.36. The van der Waals surface area contributed by atoms with Crippen LogP contribution in [0.15, 0.2) is 12.1 Å². The Morgan fingerprint density at radius 3 is 2.88 bits per heavy atom. The first-order valence-electron chi connectivity index (χ1n) is 5.53. The summed E-state index contributed by atoms with van der Waals surface area (Å²) < 4.78 is 5.89. The lowest BCUT2D eigenvalue weighted by Gasteiger charge is -2.33. The molecule has 84 valence electrons. The molecular weight excluding hydrogens is 200 g/mol. The molecule has 3 heteroatoms. The van der Waals surface area contributed by atoms with Crippen LogP contribution in [0, 0.1) is 25.2 Å². The minimum absolute atomic E-state index is 0.0566. The third-order valence-corrected chi connectivity index (χ3v) is 2.92. The number of rotatable bonds is 1. The van der Waals surface area contributed by atoms with Crippen molar-refractivity contribution in [1.29, 1.82) is 5.26 Å². The minimum Gasteiger partial charge on any atom is -0.485 e. The molecule has 3 nitrogen and oxygen atoms in total. The van der Waals surface area contributed by atoms with Crippen molar-refractivity contribution in [1.82, 2.24) is 0 Å². The molecule has 0 fully saturated rings. The number of nitrogens with zero attached hydrogens (tertiary/aromatic N) is 1. The maximum atomic E-state index is 8.74. The van der Waals surface area contributed by atoms with Gasteiger partial charge in [-0.15, -0.1) is 0 Å². The van der Waals surface area contributed by atoms with Crippen molar-refractivity contribution in [2.75, 3.05) is 5.32 Å². The molecule has 0 amide bonds. The molecule has 0 radical (unpaired) electrons. The van der Waals surface area contributed by atoms with E-state index in [1.807, 2.05) is 13.8 Å². The second-order valence-electron chi connectivity index (χ2n) is 4.41. The van der Waals surface area contributed by atoms with Crippen LogP contribution >= 0.6 is 0 Å². The van der Waals surface area contributed by atoms with Crippen molar-refractivity contribution in [2.45, 2.75) is 39.3 Å². The lowest BCUT2D eigenvalue weighted by molar-refractivity contribution is 0.178. The number of anilines is 1. The number of benzene rings is 1. The summed E-state index contributed by atoms with van der Waals surface area (Å²) in [6.45, 7) is 6.15. The molecule has 1 aliphatic rings. The fourth-order valence-electron chi connectivity index (χ4n) is 2.12. The summed E-state index contributed by atoms with van der Waals surface area (Å²) in [7, 11) is 0. The first-order valence-corrected chi connectivity index (χ1v) is 5.53. The SMILES string of the molecule is Cc1cc(C)c2c(c1)NC(C)C(CC#N)O2. The number of hydrogen-bond acceptors (Lipinski definition) is 3. The highest BCUT2D eigenvalue weighted by molar-refractivity contribution is 5.63. The number of nitrogens with one attached hydrogen (secondary N) is 1. The van der Waals surface area contributed by atoms with Crippen molar-refractivity contribution in [2.24, 2.45) is 0 Å². The Morgan fingerprint density at radius 1 is 1.44 bits per heavy atom. The number of nitriles is 1. The van der Waals surface area contributed by atoms with Gasteiger partial charge >= 0.3 is 0 Å². The Kier molecular flexibility index (Phi) is 2.74. The van der Waals surface area contributed by atoms with E-state index in [1.54, 1.807) is 0 Å². The van der Waals surface area contributed by atoms with E-state index in [9.17, 15) is 0 Å². The van der Waals surface area contributed by atoms with Crippen molar-refractivity contribution in [3.05, 3.63) is 23.3 Å². The molecule has 1 aromatic rings. The fourth-order valence-corrected chi connectivity index (χ4v) is 2.12. The molecular formula is C13H16N2O. The number of hydrogen-bond donors (Lipinski definition) is 1. The molecule has 0 saturated heterocycles. The van der Waals surface area contributed by atoms with E-state index in [0.717, 1.165) is 17.0 Å². The molecule has 0 aromatic heterocycles.